The predicted molar refractivity (Wildman–Crippen MR) is 73.1 cm³/mol. The van der Waals surface area contributed by atoms with Gasteiger partial charge in [0.15, 0.2) is 0 Å². The van der Waals surface area contributed by atoms with E-state index in [2.05, 4.69) is 45.0 Å². The molecule has 0 heterocycles. The molecule has 0 fully saturated rings. The van der Waals surface area contributed by atoms with E-state index in [1.807, 2.05) is 12.1 Å². The van der Waals surface area contributed by atoms with Gasteiger partial charge in [0.2, 0.25) is 0 Å². The van der Waals surface area contributed by atoms with Crippen LogP contribution in [0.5, 0.6) is 0 Å². The fourth-order valence-electron chi connectivity index (χ4n) is 2.41. The van der Waals surface area contributed by atoms with Crippen LogP contribution in [0.3, 0.4) is 0 Å². The third kappa shape index (κ3) is 2.50. The first-order valence-corrected chi connectivity index (χ1v) is 6.26. The molecule has 17 heavy (non-hydrogen) atoms. The van der Waals surface area contributed by atoms with Gasteiger partial charge >= 0.3 is 0 Å². The van der Waals surface area contributed by atoms with Crippen molar-refractivity contribution in [2.24, 2.45) is 5.92 Å². The molecule has 0 aliphatic rings. The van der Waals surface area contributed by atoms with E-state index in [0.29, 0.717) is 5.92 Å². The van der Waals surface area contributed by atoms with Crippen molar-refractivity contribution in [3.05, 3.63) is 47.5 Å². The van der Waals surface area contributed by atoms with Gasteiger partial charge in [0.05, 0.1) is 6.10 Å². The van der Waals surface area contributed by atoms with Crippen molar-refractivity contribution in [3.63, 3.8) is 0 Å². The molecule has 0 spiro atoms. The first-order chi connectivity index (χ1) is 8.09. The fraction of sp³-hybridized carbons (Fsp3) is 0.375. The van der Waals surface area contributed by atoms with Crippen molar-refractivity contribution in [1.82, 2.24) is 0 Å². The number of aryl methyl sites for hydroxylation is 1. The average Bonchev–Trinajstić information content (AvgIpc) is 2.27. The highest BCUT2D eigenvalue weighted by Crippen LogP contribution is 2.31. The Morgan fingerprint density at radius 1 is 1.06 bits per heavy atom. The maximum absolute atomic E-state index is 10.4. The third-order valence-corrected chi connectivity index (χ3v) is 3.22. The maximum Gasteiger partial charge on any atom is 0.0801 e. The summed E-state index contributed by atoms with van der Waals surface area (Å²) in [7, 11) is 0. The number of benzene rings is 2. The summed E-state index contributed by atoms with van der Waals surface area (Å²) >= 11 is 0. The molecule has 0 saturated carbocycles. The minimum atomic E-state index is -0.360. The predicted octanol–water partition coefficient (Wildman–Crippen LogP) is 4.23. The molecule has 0 aromatic heterocycles. The summed E-state index contributed by atoms with van der Waals surface area (Å²) < 4.78 is 0. The van der Waals surface area contributed by atoms with Gasteiger partial charge in [-0.2, -0.15) is 0 Å². The van der Waals surface area contributed by atoms with Crippen LogP contribution in [0.15, 0.2) is 36.4 Å². The summed E-state index contributed by atoms with van der Waals surface area (Å²) in [4.78, 5) is 0. The van der Waals surface area contributed by atoms with Gasteiger partial charge in [-0.15, -0.1) is 0 Å². The maximum atomic E-state index is 10.4. The molecular weight excluding hydrogens is 208 g/mol. The second-order valence-corrected chi connectivity index (χ2v) is 5.16. The standard InChI is InChI=1S/C16H20O/c1-11(2)10-15(17)16-12(3)8-9-13-6-4-5-7-14(13)16/h4-9,11,15,17H,10H2,1-3H3. The largest absolute Gasteiger partial charge is 0.388 e. The van der Waals surface area contributed by atoms with Gasteiger partial charge in [0.1, 0.15) is 0 Å². The quantitative estimate of drug-likeness (QED) is 0.833. The SMILES string of the molecule is Cc1ccc2ccccc2c1C(O)CC(C)C. The number of rotatable bonds is 3. The van der Waals surface area contributed by atoms with Gasteiger partial charge < -0.3 is 5.11 Å². The molecule has 0 bridgehead atoms. The van der Waals surface area contributed by atoms with Crippen LogP contribution in [0, 0.1) is 12.8 Å². The molecule has 2 rings (SSSR count). The zero-order chi connectivity index (χ0) is 12.4. The molecule has 0 aliphatic carbocycles. The van der Waals surface area contributed by atoms with Gasteiger partial charge in [-0.1, -0.05) is 50.2 Å². The van der Waals surface area contributed by atoms with E-state index in [1.54, 1.807) is 0 Å². The van der Waals surface area contributed by atoms with Crippen molar-refractivity contribution in [2.75, 3.05) is 0 Å². The molecule has 0 amide bonds. The molecule has 1 atom stereocenters. The summed E-state index contributed by atoms with van der Waals surface area (Å²) in [6.45, 7) is 6.36. The Labute approximate surface area is 103 Å². The minimum Gasteiger partial charge on any atom is -0.388 e. The van der Waals surface area contributed by atoms with Gasteiger partial charge in [0, 0.05) is 0 Å². The number of hydrogen-bond donors (Lipinski definition) is 1. The van der Waals surface area contributed by atoms with Crippen LogP contribution in [-0.2, 0) is 0 Å². The third-order valence-electron chi connectivity index (χ3n) is 3.22. The first kappa shape index (κ1) is 12.1. The molecule has 0 saturated heterocycles. The van der Waals surface area contributed by atoms with Crippen molar-refractivity contribution < 1.29 is 5.11 Å². The summed E-state index contributed by atoms with van der Waals surface area (Å²) in [6.07, 6.45) is 0.454. The van der Waals surface area contributed by atoms with Crippen molar-refractivity contribution in [3.8, 4) is 0 Å². The van der Waals surface area contributed by atoms with E-state index < -0.39 is 0 Å². The van der Waals surface area contributed by atoms with E-state index in [9.17, 15) is 5.11 Å². The Balaban J connectivity index is 2.54. The smallest absolute Gasteiger partial charge is 0.0801 e. The van der Waals surface area contributed by atoms with Crippen LogP contribution >= 0.6 is 0 Å². The number of fused-ring (bicyclic) bond motifs is 1. The Kier molecular flexibility index (Phi) is 3.49. The molecule has 2 aromatic rings. The van der Waals surface area contributed by atoms with Crippen molar-refractivity contribution >= 4 is 10.8 Å². The lowest BCUT2D eigenvalue weighted by atomic mass is 9.91. The molecule has 1 unspecified atom stereocenters. The fourth-order valence-corrected chi connectivity index (χ4v) is 2.41. The number of hydrogen-bond acceptors (Lipinski definition) is 1. The highest BCUT2D eigenvalue weighted by Gasteiger charge is 2.15. The van der Waals surface area contributed by atoms with Crippen LogP contribution in [0.1, 0.15) is 37.5 Å². The zero-order valence-corrected chi connectivity index (χ0v) is 10.8. The van der Waals surface area contributed by atoms with Gasteiger partial charge in [-0.25, -0.2) is 0 Å². The Morgan fingerprint density at radius 2 is 1.76 bits per heavy atom. The summed E-state index contributed by atoms with van der Waals surface area (Å²) in [5.41, 5.74) is 2.27. The lowest BCUT2D eigenvalue weighted by Crippen LogP contribution is -2.04. The molecule has 0 radical (unpaired) electrons. The molecule has 1 N–H and O–H groups in total. The summed E-state index contributed by atoms with van der Waals surface area (Å²) in [6, 6.07) is 12.5. The molecule has 2 aromatic carbocycles. The topological polar surface area (TPSA) is 20.2 Å². The summed E-state index contributed by atoms with van der Waals surface area (Å²) in [5.74, 6) is 0.503. The van der Waals surface area contributed by atoms with E-state index in [0.717, 1.165) is 12.0 Å². The molecule has 90 valence electrons. The monoisotopic (exact) mass is 228 g/mol. The first-order valence-electron chi connectivity index (χ1n) is 6.26. The summed E-state index contributed by atoms with van der Waals surface area (Å²) in [5, 5.41) is 12.8. The number of aliphatic hydroxyl groups is 1. The lowest BCUT2D eigenvalue weighted by molar-refractivity contribution is 0.152. The van der Waals surface area contributed by atoms with E-state index in [-0.39, 0.29) is 6.10 Å². The van der Waals surface area contributed by atoms with Crippen LogP contribution < -0.4 is 0 Å². The highest BCUT2D eigenvalue weighted by molar-refractivity contribution is 5.87. The average molecular weight is 228 g/mol. The molecule has 0 aliphatic heterocycles. The van der Waals surface area contributed by atoms with Gasteiger partial charge in [-0.05, 0) is 41.2 Å². The molecule has 1 nitrogen and oxygen atoms in total. The second-order valence-electron chi connectivity index (χ2n) is 5.16. The Bertz CT molecular complexity index is 514. The highest BCUT2D eigenvalue weighted by atomic mass is 16.3. The van der Waals surface area contributed by atoms with Crippen LogP contribution in [0.25, 0.3) is 10.8 Å². The van der Waals surface area contributed by atoms with Crippen LogP contribution in [0.2, 0.25) is 0 Å². The zero-order valence-electron chi connectivity index (χ0n) is 10.8. The van der Waals surface area contributed by atoms with Gasteiger partial charge in [-0.3, -0.25) is 0 Å². The van der Waals surface area contributed by atoms with E-state index in [4.69, 9.17) is 0 Å². The Morgan fingerprint density at radius 3 is 2.47 bits per heavy atom. The van der Waals surface area contributed by atoms with Crippen LogP contribution in [0.4, 0.5) is 0 Å². The lowest BCUT2D eigenvalue weighted by Gasteiger charge is -2.18. The molecular formula is C16H20O. The minimum absolute atomic E-state index is 0.360. The second kappa shape index (κ2) is 4.89. The Hall–Kier alpha value is -1.34. The normalized spacial score (nSPS) is 13.2. The van der Waals surface area contributed by atoms with E-state index in [1.165, 1.54) is 16.3 Å². The van der Waals surface area contributed by atoms with Crippen molar-refractivity contribution in [2.45, 2.75) is 33.3 Å². The number of aliphatic hydroxyl groups excluding tert-OH is 1. The molecule has 1 heteroatoms. The van der Waals surface area contributed by atoms with Gasteiger partial charge in [0.25, 0.3) is 0 Å². The van der Waals surface area contributed by atoms with E-state index >= 15 is 0 Å². The van der Waals surface area contributed by atoms with Crippen molar-refractivity contribution in [1.29, 1.82) is 0 Å². The van der Waals surface area contributed by atoms with Crippen LogP contribution in [-0.4, -0.2) is 5.11 Å².